The third-order valence-corrected chi connectivity index (χ3v) is 4.50. The molecule has 1 aromatic heterocycles. The minimum absolute atomic E-state index is 0.00658. The maximum atomic E-state index is 13.1. The molecule has 0 saturated carbocycles. The van der Waals surface area contributed by atoms with E-state index in [9.17, 15) is 22.8 Å². The third-order valence-electron chi connectivity index (χ3n) is 4.50. The number of morpholine rings is 1. The number of halogens is 3. The van der Waals surface area contributed by atoms with Crippen molar-refractivity contribution in [3.05, 3.63) is 46.6 Å². The topological polar surface area (TPSA) is 82.9 Å². The first kappa shape index (κ1) is 21.8. The lowest BCUT2D eigenvalue weighted by Crippen LogP contribution is -2.43. The second-order valence-corrected chi connectivity index (χ2v) is 6.49. The van der Waals surface area contributed by atoms with E-state index in [1.807, 2.05) is 0 Å². The van der Waals surface area contributed by atoms with Crippen LogP contribution in [0.5, 0.6) is 5.75 Å². The van der Waals surface area contributed by atoms with Gasteiger partial charge in [0.15, 0.2) is 6.79 Å². The number of methoxy groups -OCH3 is 1. The second-order valence-electron chi connectivity index (χ2n) is 6.49. The van der Waals surface area contributed by atoms with Gasteiger partial charge in [-0.15, -0.1) is 0 Å². The highest BCUT2D eigenvalue weighted by atomic mass is 19.4. The molecule has 1 amide bonds. The number of rotatable bonds is 6. The lowest BCUT2D eigenvalue weighted by molar-refractivity contribution is -0.138. The zero-order valence-corrected chi connectivity index (χ0v) is 16.1. The van der Waals surface area contributed by atoms with Gasteiger partial charge in [0.1, 0.15) is 12.3 Å². The lowest BCUT2D eigenvalue weighted by Gasteiger charge is -2.27. The summed E-state index contributed by atoms with van der Waals surface area (Å²) in [6, 6.07) is 2.79. The summed E-state index contributed by atoms with van der Waals surface area (Å²) >= 11 is 0. The van der Waals surface area contributed by atoms with E-state index in [0.717, 1.165) is 22.8 Å². The molecule has 30 heavy (non-hydrogen) atoms. The molecule has 0 spiro atoms. The highest BCUT2D eigenvalue weighted by Gasteiger charge is 2.31. The van der Waals surface area contributed by atoms with Crippen molar-refractivity contribution in [3.8, 4) is 16.9 Å². The summed E-state index contributed by atoms with van der Waals surface area (Å²) < 4.78 is 55.6. The molecule has 0 bridgehead atoms. The molecule has 1 fully saturated rings. The normalized spacial score (nSPS) is 14.6. The van der Waals surface area contributed by atoms with Crippen LogP contribution in [0.2, 0.25) is 0 Å². The SMILES string of the molecule is COCOc1cc(C(F)(F)F)ccc1-c1cncn(CC(=O)N2CCOCC2)c1=O. The Hall–Kier alpha value is -2.92. The average Bonchev–Trinajstić information content (AvgIpc) is 2.73. The predicted octanol–water partition coefficient (Wildman–Crippen LogP) is 1.77. The van der Waals surface area contributed by atoms with Gasteiger partial charge in [-0.3, -0.25) is 14.2 Å². The van der Waals surface area contributed by atoms with E-state index in [2.05, 4.69) is 4.98 Å². The van der Waals surface area contributed by atoms with Gasteiger partial charge in [-0.25, -0.2) is 4.98 Å². The van der Waals surface area contributed by atoms with Crippen molar-refractivity contribution in [2.24, 2.45) is 0 Å². The molecule has 8 nitrogen and oxygen atoms in total. The highest BCUT2D eigenvalue weighted by Crippen LogP contribution is 2.36. The Morgan fingerprint density at radius 1 is 1.23 bits per heavy atom. The Bertz CT molecular complexity index is 955. The molecule has 0 unspecified atom stereocenters. The van der Waals surface area contributed by atoms with Crippen molar-refractivity contribution in [2.45, 2.75) is 12.7 Å². The first-order valence-corrected chi connectivity index (χ1v) is 9.04. The monoisotopic (exact) mass is 427 g/mol. The number of amides is 1. The molecule has 0 N–H and O–H groups in total. The maximum absolute atomic E-state index is 13.1. The van der Waals surface area contributed by atoms with Crippen molar-refractivity contribution < 1.29 is 32.2 Å². The van der Waals surface area contributed by atoms with E-state index in [0.29, 0.717) is 26.3 Å². The van der Waals surface area contributed by atoms with Crippen LogP contribution in [0.1, 0.15) is 5.56 Å². The van der Waals surface area contributed by atoms with Crippen LogP contribution in [-0.2, 0) is 27.0 Å². The summed E-state index contributed by atoms with van der Waals surface area (Å²) in [5, 5.41) is 0. The fraction of sp³-hybridized carbons (Fsp3) is 0.421. The third kappa shape index (κ3) is 4.97. The van der Waals surface area contributed by atoms with Crippen molar-refractivity contribution in [1.82, 2.24) is 14.5 Å². The van der Waals surface area contributed by atoms with Gasteiger partial charge < -0.3 is 19.1 Å². The molecule has 1 aromatic carbocycles. The standard InChI is InChI=1S/C19H20F3N3O5/c1-28-12-30-16-8-13(19(20,21)22)2-3-14(16)15-9-23-11-25(18(15)27)10-17(26)24-4-6-29-7-5-24/h2-3,8-9,11H,4-7,10,12H2,1H3. The first-order chi connectivity index (χ1) is 14.3. The van der Waals surface area contributed by atoms with Crippen LogP contribution in [0.4, 0.5) is 13.2 Å². The van der Waals surface area contributed by atoms with Gasteiger partial charge in [0, 0.05) is 32.0 Å². The molecule has 0 atom stereocenters. The number of hydrogen-bond acceptors (Lipinski definition) is 6. The van der Waals surface area contributed by atoms with Crippen LogP contribution in [0.3, 0.4) is 0 Å². The maximum Gasteiger partial charge on any atom is 0.416 e. The Morgan fingerprint density at radius 2 is 1.97 bits per heavy atom. The van der Waals surface area contributed by atoms with Gasteiger partial charge >= 0.3 is 6.18 Å². The second kappa shape index (κ2) is 9.26. The summed E-state index contributed by atoms with van der Waals surface area (Å²) in [5.74, 6) is -0.453. The van der Waals surface area contributed by atoms with Crippen molar-refractivity contribution >= 4 is 5.91 Å². The molecular weight excluding hydrogens is 407 g/mol. The Balaban J connectivity index is 1.94. The minimum Gasteiger partial charge on any atom is -0.467 e. The van der Waals surface area contributed by atoms with Crippen molar-refractivity contribution in [2.75, 3.05) is 40.2 Å². The van der Waals surface area contributed by atoms with Crippen LogP contribution in [0.15, 0.2) is 35.5 Å². The van der Waals surface area contributed by atoms with E-state index in [-0.39, 0.29) is 36.1 Å². The van der Waals surface area contributed by atoms with E-state index in [4.69, 9.17) is 14.2 Å². The number of carbonyl (C=O) groups excluding carboxylic acids is 1. The fourth-order valence-electron chi connectivity index (χ4n) is 2.97. The summed E-state index contributed by atoms with van der Waals surface area (Å²) in [6.45, 7) is 1.14. The summed E-state index contributed by atoms with van der Waals surface area (Å²) in [4.78, 5) is 30.9. The molecule has 1 aliphatic heterocycles. The van der Waals surface area contributed by atoms with E-state index >= 15 is 0 Å². The molecule has 0 radical (unpaired) electrons. The van der Waals surface area contributed by atoms with Gasteiger partial charge in [0.05, 0.1) is 30.7 Å². The number of alkyl halides is 3. The Morgan fingerprint density at radius 3 is 2.63 bits per heavy atom. The molecular formula is C19H20F3N3O5. The van der Waals surface area contributed by atoms with Crippen molar-refractivity contribution in [3.63, 3.8) is 0 Å². The molecule has 3 rings (SSSR count). The summed E-state index contributed by atoms with van der Waals surface area (Å²) in [7, 11) is 1.32. The predicted molar refractivity (Wildman–Crippen MR) is 98.8 cm³/mol. The van der Waals surface area contributed by atoms with Gasteiger partial charge in [-0.1, -0.05) is 0 Å². The van der Waals surface area contributed by atoms with Gasteiger partial charge in [0.25, 0.3) is 5.56 Å². The van der Waals surface area contributed by atoms with Crippen LogP contribution < -0.4 is 10.3 Å². The van der Waals surface area contributed by atoms with E-state index in [1.165, 1.54) is 19.6 Å². The molecule has 2 aromatic rings. The van der Waals surface area contributed by atoms with E-state index < -0.39 is 17.3 Å². The Kier molecular flexibility index (Phi) is 6.73. The van der Waals surface area contributed by atoms with Crippen molar-refractivity contribution in [1.29, 1.82) is 0 Å². The number of hydrogen-bond donors (Lipinski definition) is 0. The highest BCUT2D eigenvalue weighted by molar-refractivity contribution is 5.76. The quantitative estimate of drug-likeness (QED) is 0.654. The largest absolute Gasteiger partial charge is 0.467 e. The Labute approximate surface area is 169 Å². The summed E-state index contributed by atoms with van der Waals surface area (Å²) in [6.07, 6.45) is -2.15. The first-order valence-electron chi connectivity index (χ1n) is 9.04. The van der Waals surface area contributed by atoms with Crippen LogP contribution in [-0.4, -0.2) is 60.6 Å². The molecule has 1 aliphatic rings. The average molecular weight is 427 g/mol. The van der Waals surface area contributed by atoms with Gasteiger partial charge in [-0.05, 0) is 18.2 Å². The number of aromatic nitrogens is 2. The summed E-state index contributed by atoms with van der Waals surface area (Å²) in [5.41, 5.74) is -1.38. The smallest absolute Gasteiger partial charge is 0.416 e. The molecule has 162 valence electrons. The zero-order valence-electron chi connectivity index (χ0n) is 16.1. The zero-order chi connectivity index (χ0) is 21.7. The minimum atomic E-state index is -4.58. The van der Waals surface area contributed by atoms with Crippen LogP contribution in [0, 0.1) is 0 Å². The van der Waals surface area contributed by atoms with Gasteiger partial charge in [-0.2, -0.15) is 13.2 Å². The number of benzene rings is 1. The van der Waals surface area contributed by atoms with Crippen LogP contribution >= 0.6 is 0 Å². The number of ether oxygens (including phenoxy) is 3. The van der Waals surface area contributed by atoms with Crippen LogP contribution in [0.25, 0.3) is 11.1 Å². The van der Waals surface area contributed by atoms with Gasteiger partial charge in [0.2, 0.25) is 5.91 Å². The van der Waals surface area contributed by atoms with E-state index in [1.54, 1.807) is 4.90 Å². The fourth-order valence-corrected chi connectivity index (χ4v) is 2.97. The lowest BCUT2D eigenvalue weighted by atomic mass is 10.0. The molecule has 11 heteroatoms. The number of carbonyl (C=O) groups is 1. The molecule has 0 aliphatic carbocycles. The molecule has 1 saturated heterocycles. The molecule has 2 heterocycles. The number of nitrogens with zero attached hydrogens (tertiary/aromatic N) is 3.